The lowest BCUT2D eigenvalue weighted by Crippen LogP contribution is -2.10. The van der Waals surface area contributed by atoms with Gasteiger partial charge in [-0.3, -0.25) is 9.78 Å². The maximum atomic E-state index is 11.6. The summed E-state index contributed by atoms with van der Waals surface area (Å²) in [5.74, 6) is -0.286. The van der Waals surface area contributed by atoms with E-state index in [2.05, 4.69) is 4.98 Å². The van der Waals surface area contributed by atoms with Crippen LogP contribution in [0.5, 0.6) is 0 Å². The molecule has 82 valence electrons. The van der Waals surface area contributed by atoms with E-state index in [1.165, 1.54) is 6.20 Å². The molecule has 0 atom stereocenters. The van der Waals surface area contributed by atoms with Gasteiger partial charge in [-0.1, -0.05) is 0 Å². The van der Waals surface area contributed by atoms with Gasteiger partial charge in [-0.2, -0.15) is 0 Å². The van der Waals surface area contributed by atoms with Gasteiger partial charge in [0.15, 0.2) is 5.78 Å². The van der Waals surface area contributed by atoms with Gasteiger partial charge in [0.2, 0.25) is 0 Å². The van der Waals surface area contributed by atoms with Gasteiger partial charge in [0.25, 0.3) is 0 Å². The minimum absolute atomic E-state index is 0.0192. The maximum Gasteiger partial charge on any atom is 0.165 e. The Balaban J connectivity index is 2.75. The molecule has 1 aromatic rings. The number of hydrogen-bond acceptors (Lipinski definition) is 4. The molecule has 0 aliphatic rings. The predicted octanol–water partition coefficient (Wildman–Crippen LogP) is 1.01. The summed E-state index contributed by atoms with van der Waals surface area (Å²) in [5, 5.41) is 0. The largest absolute Gasteiger partial charge is 0.294 e. The van der Waals surface area contributed by atoms with Crippen LogP contribution in [0.15, 0.2) is 18.5 Å². The third-order valence-electron chi connectivity index (χ3n) is 2.04. The quantitative estimate of drug-likeness (QED) is 0.720. The lowest BCUT2D eigenvalue weighted by molar-refractivity contribution is 0.0988. The van der Waals surface area contributed by atoms with Gasteiger partial charge in [0, 0.05) is 30.6 Å². The van der Waals surface area contributed by atoms with Crippen molar-refractivity contribution in [2.45, 2.75) is 13.3 Å². The van der Waals surface area contributed by atoms with E-state index in [0.717, 1.165) is 11.8 Å². The standard InChI is InChI=1S/C10H13NO3S/c1-8-3-5-11-7-9(8)10(12)4-6-15(2,13)14/h3,5,7H,4,6H2,1-2H3. The topological polar surface area (TPSA) is 64.1 Å². The fourth-order valence-corrected chi connectivity index (χ4v) is 1.72. The number of sulfone groups is 1. The van der Waals surface area contributed by atoms with E-state index in [9.17, 15) is 13.2 Å². The Morgan fingerprint density at radius 3 is 2.67 bits per heavy atom. The fourth-order valence-electron chi connectivity index (χ4n) is 1.17. The molecular formula is C10H13NO3S. The molecule has 0 fully saturated rings. The van der Waals surface area contributed by atoms with Gasteiger partial charge >= 0.3 is 0 Å². The zero-order valence-corrected chi connectivity index (χ0v) is 9.54. The summed E-state index contributed by atoms with van der Waals surface area (Å²) in [6.45, 7) is 1.80. The zero-order chi connectivity index (χ0) is 11.5. The monoisotopic (exact) mass is 227 g/mol. The summed E-state index contributed by atoms with van der Waals surface area (Å²) in [7, 11) is -3.08. The first kappa shape index (κ1) is 11.8. The average molecular weight is 227 g/mol. The van der Waals surface area contributed by atoms with E-state index in [-0.39, 0.29) is 18.0 Å². The maximum absolute atomic E-state index is 11.6. The van der Waals surface area contributed by atoms with E-state index in [1.807, 2.05) is 0 Å². The molecule has 0 spiro atoms. The second-order valence-corrected chi connectivity index (χ2v) is 5.75. The van der Waals surface area contributed by atoms with E-state index < -0.39 is 9.84 Å². The Labute approximate surface area is 89.3 Å². The molecule has 0 aliphatic heterocycles. The highest BCUT2D eigenvalue weighted by molar-refractivity contribution is 7.90. The van der Waals surface area contributed by atoms with Crippen molar-refractivity contribution < 1.29 is 13.2 Å². The van der Waals surface area contributed by atoms with Crippen LogP contribution in [0.4, 0.5) is 0 Å². The Kier molecular flexibility index (Phi) is 3.57. The first-order chi connectivity index (χ1) is 6.90. The fraction of sp³-hybridized carbons (Fsp3) is 0.400. The van der Waals surface area contributed by atoms with Crippen LogP contribution in [0.25, 0.3) is 0 Å². The first-order valence-corrected chi connectivity index (χ1v) is 6.58. The number of Topliss-reactive ketones (excluding diaryl/α,β-unsaturated/α-hetero) is 1. The molecule has 0 aromatic carbocycles. The summed E-state index contributed by atoms with van der Waals surface area (Å²) in [4.78, 5) is 15.4. The Morgan fingerprint density at radius 1 is 1.47 bits per heavy atom. The van der Waals surface area contributed by atoms with E-state index >= 15 is 0 Å². The third-order valence-corrected chi connectivity index (χ3v) is 2.99. The summed E-state index contributed by atoms with van der Waals surface area (Å²) in [6, 6.07) is 1.73. The van der Waals surface area contributed by atoms with Gasteiger partial charge in [-0.05, 0) is 18.6 Å². The van der Waals surface area contributed by atoms with Crippen molar-refractivity contribution in [2.24, 2.45) is 0 Å². The van der Waals surface area contributed by atoms with Gasteiger partial charge in [0.05, 0.1) is 5.75 Å². The number of rotatable bonds is 4. The van der Waals surface area contributed by atoms with Crippen LogP contribution in [-0.4, -0.2) is 31.2 Å². The molecule has 0 saturated carbocycles. The van der Waals surface area contributed by atoms with Crippen molar-refractivity contribution in [2.75, 3.05) is 12.0 Å². The second kappa shape index (κ2) is 4.53. The average Bonchev–Trinajstić information content (AvgIpc) is 2.14. The van der Waals surface area contributed by atoms with Crippen LogP contribution in [0.2, 0.25) is 0 Å². The lowest BCUT2D eigenvalue weighted by Gasteiger charge is -2.02. The number of carbonyl (C=O) groups excluding carboxylic acids is 1. The number of aromatic nitrogens is 1. The highest BCUT2D eigenvalue weighted by Gasteiger charge is 2.12. The van der Waals surface area contributed by atoms with Crippen LogP contribution in [-0.2, 0) is 9.84 Å². The smallest absolute Gasteiger partial charge is 0.165 e. The van der Waals surface area contributed by atoms with Crippen LogP contribution in [0, 0.1) is 6.92 Å². The van der Waals surface area contributed by atoms with Crippen LogP contribution in [0.3, 0.4) is 0 Å². The van der Waals surface area contributed by atoms with Crippen molar-refractivity contribution >= 4 is 15.6 Å². The Morgan fingerprint density at radius 2 is 2.13 bits per heavy atom. The summed E-state index contributed by atoms with van der Waals surface area (Å²) < 4.78 is 21.8. The number of hydrogen-bond donors (Lipinski definition) is 0. The van der Waals surface area contributed by atoms with Crippen LogP contribution in [0.1, 0.15) is 22.3 Å². The molecule has 1 heterocycles. The van der Waals surface area contributed by atoms with E-state index in [0.29, 0.717) is 5.56 Å². The number of pyridine rings is 1. The van der Waals surface area contributed by atoms with E-state index in [1.54, 1.807) is 19.2 Å². The molecule has 0 unspecified atom stereocenters. The van der Waals surface area contributed by atoms with Gasteiger partial charge in [0.1, 0.15) is 9.84 Å². The zero-order valence-electron chi connectivity index (χ0n) is 8.73. The molecule has 0 saturated heterocycles. The summed E-state index contributed by atoms with van der Waals surface area (Å²) in [5.41, 5.74) is 1.32. The number of ketones is 1. The molecule has 5 heteroatoms. The molecule has 1 rings (SSSR count). The van der Waals surface area contributed by atoms with Gasteiger partial charge in [-0.25, -0.2) is 8.42 Å². The van der Waals surface area contributed by atoms with Gasteiger partial charge in [-0.15, -0.1) is 0 Å². The number of carbonyl (C=O) groups is 1. The molecule has 1 aromatic heterocycles. The van der Waals surface area contributed by atoms with Crippen molar-refractivity contribution in [1.82, 2.24) is 4.98 Å². The predicted molar refractivity (Wildman–Crippen MR) is 57.6 cm³/mol. The molecule has 0 aliphatic carbocycles. The molecule has 0 bridgehead atoms. The normalized spacial score (nSPS) is 11.3. The molecule has 15 heavy (non-hydrogen) atoms. The molecular weight excluding hydrogens is 214 g/mol. The van der Waals surface area contributed by atoms with Crippen molar-refractivity contribution in [3.63, 3.8) is 0 Å². The summed E-state index contributed by atoms with van der Waals surface area (Å²) >= 11 is 0. The SMILES string of the molecule is Cc1ccncc1C(=O)CCS(C)(=O)=O. The first-order valence-electron chi connectivity index (χ1n) is 4.52. The second-order valence-electron chi connectivity index (χ2n) is 3.49. The Hall–Kier alpha value is -1.23. The number of nitrogens with zero attached hydrogens (tertiary/aromatic N) is 1. The molecule has 0 radical (unpaired) electrons. The van der Waals surface area contributed by atoms with Crippen molar-refractivity contribution in [1.29, 1.82) is 0 Å². The van der Waals surface area contributed by atoms with Crippen molar-refractivity contribution in [3.8, 4) is 0 Å². The highest BCUT2D eigenvalue weighted by atomic mass is 32.2. The minimum atomic E-state index is -3.08. The molecule has 0 N–H and O–H groups in total. The van der Waals surface area contributed by atoms with Crippen LogP contribution >= 0.6 is 0 Å². The van der Waals surface area contributed by atoms with Crippen LogP contribution < -0.4 is 0 Å². The Bertz CT molecular complexity index is 465. The highest BCUT2D eigenvalue weighted by Crippen LogP contribution is 2.08. The number of aryl methyl sites for hydroxylation is 1. The summed E-state index contributed by atoms with van der Waals surface area (Å²) in [6.07, 6.45) is 4.21. The van der Waals surface area contributed by atoms with Crippen molar-refractivity contribution in [3.05, 3.63) is 29.6 Å². The lowest BCUT2D eigenvalue weighted by atomic mass is 10.1. The molecule has 0 amide bonds. The third kappa shape index (κ3) is 3.79. The minimum Gasteiger partial charge on any atom is -0.294 e. The van der Waals surface area contributed by atoms with E-state index in [4.69, 9.17) is 0 Å². The molecule has 4 nitrogen and oxygen atoms in total. The van der Waals surface area contributed by atoms with Gasteiger partial charge < -0.3 is 0 Å².